The molecule has 0 unspecified atom stereocenters. The van der Waals surface area contributed by atoms with Crippen LogP contribution in [0.5, 0.6) is 0 Å². The molecule has 0 fully saturated rings. The molecule has 5 heteroatoms. The van der Waals surface area contributed by atoms with E-state index in [1.165, 1.54) is 5.56 Å². The zero-order valence-corrected chi connectivity index (χ0v) is 13.9. The van der Waals surface area contributed by atoms with Gasteiger partial charge in [-0.25, -0.2) is 0 Å². The van der Waals surface area contributed by atoms with E-state index < -0.39 is 0 Å². The van der Waals surface area contributed by atoms with Crippen LogP contribution in [0.2, 0.25) is 5.02 Å². The van der Waals surface area contributed by atoms with Gasteiger partial charge in [-0.1, -0.05) is 40.5 Å². The van der Waals surface area contributed by atoms with Gasteiger partial charge in [0.15, 0.2) is 4.77 Å². The van der Waals surface area contributed by atoms with Crippen molar-refractivity contribution in [2.24, 2.45) is 0 Å². The standard InChI is InChI=1S/C15H12BrClN2S/c1-2-9-8-10(16)6-7-12(9)19-13-5-3-4-11(17)14(13)18-15(19)20/h3-8H,2H2,1H3,(H,18,20). The first kappa shape index (κ1) is 13.9. The third-order valence-corrected chi connectivity index (χ3v) is 4.42. The van der Waals surface area contributed by atoms with Crippen LogP contribution in [0.3, 0.4) is 0 Å². The van der Waals surface area contributed by atoms with Crippen LogP contribution in [0.4, 0.5) is 0 Å². The number of fused-ring (bicyclic) bond motifs is 1. The van der Waals surface area contributed by atoms with Crippen LogP contribution in [-0.4, -0.2) is 9.55 Å². The molecule has 0 aliphatic rings. The third-order valence-electron chi connectivity index (χ3n) is 3.33. The monoisotopic (exact) mass is 366 g/mol. The van der Waals surface area contributed by atoms with E-state index in [4.69, 9.17) is 23.8 Å². The van der Waals surface area contributed by atoms with Crippen LogP contribution in [0, 0.1) is 4.77 Å². The van der Waals surface area contributed by atoms with E-state index in [9.17, 15) is 0 Å². The average molecular weight is 368 g/mol. The first-order valence-corrected chi connectivity index (χ1v) is 7.87. The van der Waals surface area contributed by atoms with Crippen molar-refractivity contribution in [1.82, 2.24) is 9.55 Å². The van der Waals surface area contributed by atoms with Gasteiger partial charge in [0, 0.05) is 4.47 Å². The van der Waals surface area contributed by atoms with Crippen LogP contribution in [-0.2, 0) is 6.42 Å². The molecule has 3 aromatic rings. The minimum Gasteiger partial charge on any atom is -0.329 e. The number of nitrogens with zero attached hydrogens (tertiary/aromatic N) is 1. The van der Waals surface area contributed by atoms with E-state index in [0.717, 1.165) is 27.6 Å². The summed E-state index contributed by atoms with van der Waals surface area (Å²) in [5, 5.41) is 0.683. The topological polar surface area (TPSA) is 20.7 Å². The van der Waals surface area contributed by atoms with Crippen LogP contribution in [0.25, 0.3) is 16.7 Å². The molecule has 2 aromatic carbocycles. The van der Waals surface area contributed by atoms with Gasteiger partial charge in [-0.15, -0.1) is 0 Å². The molecule has 2 nitrogen and oxygen atoms in total. The Balaban J connectivity index is 2.38. The van der Waals surface area contributed by atoms with Gasteiger partial charge in [-0.05, 0) is 54.5 Å². The zero-order valence-electron chi connectivity index (χ0n) is 10.8. The molecule has 20 heavy (non-hydrogen) atoms. The molecule has 0 aliphatic heterocycles. The number of benzene rings is 2. The summed E-state index contributed by atoms with van der Waals surface area (Å²) in [4.78, 5) is 3.19. The van der Waals surface area contributed by atoms with Crippen molar-refractivity contribution in [3.8, 4) is 5.69 Å². The van der Waals surface area contributed by atoms with Gasteiger partial charge in [-0.2, -0.15) is 0 Å². The molecular weight excluding hydrogens is 356 g/mol. The second kappa shape index (κ2) is 5.35. The zero-order chi connectivity index (χ0) is 14.3. The van der Waals surface area contributed by atoms with E-state index >= 15 is 0 Å². The van der Waals surface area contributed by atoms with Gasteiger partial charge in [0.05, 0.1) is 21.7 Å². The van der Waals surface area contributed by atoms with Gasteiger partial charge in [0.25, 0.3) is 0 Å². The van der Waals surface area contributed by atoms with Crippen molar-refractivity contribution in [1.29, 1.82) is 0 Å². The minimum atomic E-state index is 0.658. The van der Waals surface area contributed by atoms with Crippen molar-refractivity contribution in [3.05, 3.63) is 56.2 Å². The van der Waals surface area contributed by atoms with Crippen LogP contribution < -0.4 is 0 Å². The largest absolute Gasteiger partial charge is 0.329 e. The van der Waals surface area contributed by atoms with Crippen LogP contribution >= 0.6 is 39.7 Å². The lowest BCUT2D eigenvalue weighted by atomic mass is 10.1. The number of hydrogen-bond donors (Lipinski definition) is 1. The highest BCUT2D eigenvalue weighted by Crippen LogP contribution is 2.28. The number of aryl methyl sites for hydroxylation is 1. The average Bonchev–Trinajstić information content (AvgIpc) is 2.77. The van der Waals surface area contributed by atoms with E-state index in [1.54, 1.807) is 0 Å². The Labute approximate surface area is 135 Å². The Bertz CT molecular complexity index is 851. The molecule has 0 spiro atoms. The smallest absolute Gasteiger partial charge is 0.182 e. The van der Waals surface area contributed by atoms with Crippen molar-refractivity contribution in [2.45, 2.75) is 13.3 Å². The predicted octanol–water partition coefficient (Wildman–Crippen LogP) is 5.67. The number of imidazole rings is 1. The van der Waals surface area contributed by atoms with Crippen LogP contribution in [0.1, 0.15) is 12.5 Å². The molecule has 1 aromatic heterocycles. The molecule has 1 N–H and O–H groups in total. The Hall–Kier alpha value is -1.10. The second-order valence-corrected chi connectivity index (χ2v) is 6.24. The quantitative estimate of drug-likeness (QED) is 0.579. The van der Waals surface area contributed by atoms with Crippen molar-refractivity contribution in [3.63, 3.8) is 0 Å². The van der Waals surface area contributed by atoms with Gasteiger partial charge in [0.2, 0.25) is 0 Å². The van der Waals surface area contributed by atoms with Gasteiger partial charge in [-0.3, -0.25) is 4.57 Å². The van der Waals surface area contributed by atoms with Gasteiger partial charge in [0.1, 0.15) is 0 Å². The molecule has 0 amide bonds. The highest BCUT2D eigenvalue weighted by atomic mass is 79.9. The molecule has 1 heterocycles. The fraction of sp³-hybridized carbons (Fsp3) is 0.133. The number of para-hydroxylation sites is 1. The molecule has 0 bridgehead atoms. The first-order chi connectivity index (χ1) is 9.61. The maximum atomic E-state index is 6.23. The molecule has 102 valence electrons. The molecule has 0 saturated carbocycles. The fourth-order valence-electron chi connectivity index (χ4n) is 2.39. The molecule has 3 rings (SSSR count). The molecule has 0 atom stereocenters. The normalized spacial score (nSPS) is 11.2. The molecule has 0 radical (unpaired) electrons. The Kier molecular flexibility index (Phi) is 3.71. The van der Waals surface area contributed by atoms with Gasteiger partial charge < -0.3 is 4.98 Å². The van der Waals surface area contributed by atoms with Crippen LogP contribution in [0.15, 0.2) is 40.9 Å². The number of aromatic amines is 1. The Morgan fingerprint density at radius 1 is 1.30 bits per heavy atom. The van der Waals surface area contributed by atoms with Crippen molar-refractivity contribution in [2.75, 3.05) is 0 Å². The summed E-state index contributed by atoms with van der Waals surface area (Å²) in [5.41, 5.74) is 4.20. The number of rotatable bonds is 2. The van der Waals surface area contributed by atoms with Gasteiger partial charge >= 0.3 is 0 Å². The van der Waals surface area contributed by atoms with Crippen molar-refractivity contribution >= 4 is 50.8 Å². The Morgan fingerprint density at radius 2 is 2.10 bits per heavy atom. The lowest BCUT2D eigenvalue weighted by molar-refractivity contribution is 1.01. The SMILES string of the molecule is CCc1cc(Br)ccc1-n1c(=S)[nH]c2c(Cl)cccc21. The van der Waals surface area contributed by atoms with E-state index in [1.807, 2.05) is 28.8 Å². The fourth-order valence-corrected chi connectivity index (χ4v) is 3.31. The highest BCUT2D eigenvalue weighted by Gasteiger charge is 2.11. The summed E-state index contributed by atoms with van der Waals surface area (Å²) in [6.45, 7) is 2.14. The second-order valence-electron chi connectivity index (χ2n) is 4.53. The summed E-state index contributed by atoms with van der Waals surface area (Å²) in [7, 11) is 0. The summed E-state index contributed by atoms with van der Waals surface area (Å²) in [6.07, 6.45) is 0.934. The maximum Gasteiger partial charge on any atom is 0.182 e. The van der Waals surface area contributed by atoms with E-state index in [-0.39, 0.29) is 0 Å². The number of nitrogens with one attached hydrogen (secondary N) is 1. The van der Waals surface area contributed by atoms with E-state index in [0.29, 0.717) is 9.79 Å². The summed E-state index contributed by atoms with van der Waals surface area (Å²) in [6, 6.07) is 12.1. The number of aromatic nitrogens is 2. The van der Waals surface area contributed by atoms with E-state index in [2.05, 4.69) is 40.0 Å². The summed E-state index contributed by atoms with van der Waals surface area (Å²) >= 11 is 15.2. The lowest BCUT2D eigenvalue weighted by Gasteiger charge is -2.10. The molecule has 0 saturated heterocycles. The third kappa shape index (κ3) is 2.22. The lowest BCUT2D eigenvalue weighted by Crippen LogP contribution is -1.99. The predicted molar refractivity (Wildman–Crippen MR) is 90.5 cm³/mol. The Morgan fingerprint density at radius 3 is 2.85 bits per heavy atom. The van der Waals surface area contributed by atoms with Crippen molar-refractivity contribution < 1.29 is 0 Å². The first-order valence-electron chi connectivity index (χ1n) is 6.30. The number of halogens is 2. The maximum absolute atomic E-state index is 6.23. The molecular formula is C15H12BrClN2S. The number of H-pyrrole nitrogens is 1. The summed E-state index contributed by atoms with van der Waals surface area (Å²) in [5.74, 6) is 0. The molecule has 0 aliphatic carbocycles. The highest BCUT2D eigenvalue weighted by molar-refractivity contribution is 9.10. The minimum absolute atomic E-state index is 0.658. The number of hydrogen-bond acceptors (Lipinski definition) is 1. The summed E-state index contributed by atoms with van der Waals surface area (Å²) < 4.78 is 3.77.